The summed E-state index contributed by atoms with van der Waals surface area (Å²) in [6.45, 7) is 0. The number of aromatic nitrogens is 3. The second-order valence-corrected chi connectivity index (χ2v) is 12.9. The fourth-order valence-electron chi connectivity index (χ4n) is 6.39. The van der Waals surface area contributed by atoms with E-state index in [4.69, 9.17) is 22.1 Å². The van der Waals surface area contributed by atoms with Crippen LogP contribution in [0.5, 0.6) is 0 Å². The SMILES string of the molecule is [2H]c1c(-c2ccccc2)c([2H])c2c(sc3c([2H])c(-c4nc(-c5ccc(-c6ccccc6)cc5)nc(-c5cccc6oc7ccccc7c56)n4)c([2H])c([2H])c32)c1[2H]. The molecule has 0 spiro atoms. The third kappa shape index (κ3) is 4.87. The van der Waals surface area contributed by atoms with Gasteiger partial charge in [0.1, 0.15) is 11.2 Å². The average molecular weight is 664 g/mol. The van der Waals surface area contributed by atoms with Gasteiger partial charge >= 0.3 is 0 Å². The van der Waals surface area contributed by atoms with Crippen molar-refractivity contribution < 1.29 is 12.6 Å². The Kier molecular flexibility index (Phi) is 5.35. The van der Waals surface area contributed by atoms with E-state index in [9.17, 15) is 5.48 Å². The Balaban J connectivity index is 1.23. The van der Waals surface area contributed by atoms with Crippen molar-refractivity contribution >= 4 is 53.4 Å². The van der Waals surface area contributed by atoms with Gasteiger partial charge in [0.2, 0.25) is 0 Å². The minimum atomic E-state index is -0.279. The molecule has 0 saturated heterocycles. The predicted octanol–water partition coefficient (Wildman–Crippen LogP) is 12.5. The van der Waals surface area contributed by atoms with E-state index in [-0.39, 0.29) is 64.0 Å². The fourth-order valence-corrected chi connectivity index (χ4v) is 7.36. The van der Waals surface area contributed by atoms with E-state index in [0.29, 0.717) is 48.9 Å². The van der Waals surface area contributed by atoms with Crippen LogP contribution in [0.2, 0.25) is 0 Å². The van der Waals surface area contributed by atoms with E-state index < -0.39 is 0 Å². The number of thiophene rings is 1. The third-order valence-corrected chi connectivity index (χ3v) is 9.85. The van der Waals surface area contributed by atoms with Crippen LogP contribution in [-0.4, -0.2) is 15.0 Å². The first-order valence-corrected chi connectivity index (χ1v) is 16.9. The van der Waals surface area contributed by atoms with Gasteiger partial charge in [-0.15, -0.1) is 11.3 Å². The number of para-hydroxylation sites is 1. The number of hydrogen-bond donors (Lipinski definition) is 0. The van der Waals surface area contributed by atoms with Gasteiger partial charge in [-0.2, -0.15) is 0 Å². The van der Waals surface area contributed by atoms with Crippen molar-refractivity contribution in [3.8, 4) is 56.4 Å². The number of furan rings is 1. The van der Waals surface area contributed by atoms with Crippen LogP contribution in [0.4, 0.5) is 0 Å². The van der Waals surface area contributed by atoms with Gasteiger partial charge in [-0.3, -0.25) is 0 Å². The van der Waals surface area contributed by atoms with E-state index in [0.717, 1.165) is 33.2 Å². The minimum Gasteiger partial charge on any atom is -0.456 e. The summed E-state index contributed by atoms with van der Waals surface area (Å²) in [4.78, 5) is 14.8. The molecule has 0 N–H and O–H groups in total. The highest BCUT2D eigenvalue weighted by Gasteiger charge is 2.18. The summed E-state index contributed by atoms with van der Waals surface area (Å²) in [6, 6.07) is 39.6. The average Bonchev–Trinajstić information content (AvgIpc) is 3.83. The molecule has 4 nitrogen and oxygen atoms in total. The first-order valence-electron chi connectivity index (χ1n) is 19.1. The van der Waals surface area contributed by atoms with Crippen LogP contribution in [0.25, 0.3) is 98.5 Å². The number of nitrogens with zero attached hydrogens (tertiary/aromatic N) is 3. The molecule has 10 aromatic rings. The summed E-state index contributed by atoms with van der Waals surface area (Å²) in [5.74, 6) is 0.682. The summed E-state index contributed by atoms with van der Waals surface area (Å²) in [7, 11) is 0. The number of hydrogen-bond acceptors (Lipinski definition) is 5. The molecule has 50 heavy (non-hydrogen) atoms. The Morgan fingerprint density at radius 1 is 0.420 bits per heavy atom. The molecule has 10 rings (SSSR count). The van der Waals surface area contributed by atoms with Gasteiger partial charge in [0.05, 0.1) is 8.22 Å². The molecular formula is C45H27N3OS. The van der Waals surface area contributed by atoms with E-state index in [2.05, 4.69) is 0 Å². The van der Waals surface area contributed by atoms with Crippen molar-refractivity contribution in [3.63, 3.8) is 0 Å². The Hall–Kier alpha value is -6.43. The Morgan fingerprint density at radius 3 is 1.84 bits per heavy atom. The highest BCUT2D eigenvalue weighted by molar-refractivity contribution is 7.25. The summed E-state index contributed by atoms with van der Waals surface area (Å²) < 4.78 is 62.2. The van der Waals surface area contributed by atoms with Crippen LogP contribution in [0.1, 0.15) is 8.22 Å². The highest BCUT2D eigenvalue weighted by Crippen LogP contribution is 2.40. The lowest BCUT2D eigenvalue weighted by Crippen LogP contribution is -2.00. The predicted molar refractivity (Wildman–Crippen MR) is 207 cm³/mol. The number of benzene rings is 7. The third-order valence-electron chi connectivity index (χ3n) is 8.83. The van der Waals surface area contributed by atoms with Crippen molar-refractivity contribution in [2.24, 2.45) is 0 Å². The summed E-state index contributed by atoms with van der Waals surface area (Å²) in [6.07, 6.45) is 0. The lowest BCUT2D eigenvalue weighted by molar-refractivity contribution is 0.669. The van der Waals surface area contributed by atoms with Gasteiger partial charge in [-0.05, 0) is 52.5 Å². The smallest absolute Gasteiger partial charge is 0.164 e. The molecule has 0 amide bonds. The largest absolute Gasteiger partial charge is 0.456 e. The first-order chi connectivity index (χ1) is 27.3. The molecule has 7 aromatic carbocycles. The van der Waals surface area contributed by atoms with Crippen LogP contribution in [-0.2, 0) is 0 Å². The van der Waals surface area contributed by atoms with Crippen LogP contribution in [0.15, 0.2) is 168 Å². The zero-order valence-corrected chi connectivity index (χ0v) is 27.1. The van der Waals surface area contributed by atoms with Gasteiger partial charge in [0, 0.05) is 47.6 Å². The molecule has 3 aromatic heterocycles. The molecule has 0 saturated carbocycles. The van der Waals surface area contributed by atoms with Gasteiger partial charge in [-0.25, -0.2) is 15.0 Å². The van der Waals surface area contributed by atoms with Crippen LogP contribution in [0, 0.1) is 0 Å². The number of rotatable bonds is 5. The maximum atomic E-state index is 9.57. The lowest BCUT2D eigenvalue weighted by atomic mass is 10.0. The Morgan fingerprint density at radius 2 is 1.04 bits per heavy atom. The topological polar surface area (TPSA) is 51.8 Å². The molecule has 0 radical (unpaired) electrons. The second-order valence-electron chi connectivity index (χ2n) is 11.9. The van der Waals surface area contributed by atoms with E-state index in [1.807, 2.05) is 115 Å². The van der Waals surface area contributed by atoms with Gasteiger partial charge in [0.25, 0.3) is 0 Å². The van der Waals surface area contributed by atoms with Crippen LogP contribution in [0.3, 0.4) is 0 Å². The molecule has 0 aliphatic rings. The van der Waals surface area contributed by atoms with Crippen molar-refractivity contribution in [2.45, 2.75) is 0 Å². The molecular weight excluding hydrogens is 631 g/mol. The molecule has 234 valence electrons. The molecule has 0 aliphatic carbocycles. The van der Waals surface area contributed by atoms with Crippen LogP contribution < -0.4 is 0 Å². The standard InChI is InChI=1S/C45H27N3OS/c1-3-10-28(11-4-1)30-18-20-31(21-19-30)43-46-44(48-45(47-43)36-15-9-17-39-42(36)35-14-7-8-16-38(35)49-39)33-22-24-34-37-26-32(29-12-5-2-6-13-29)23-25-40(37)50-41(34)27-33/h1-27H/i22D,23D,24D,25D,26D,27D. The van der Waals surface area contributed by atoms with Gasteiger partial charge < -0.3 is 4.42 Å². The monoisotopic (exact) mass is 663 g/mol. The maximum Gasteiger partial charge on any atom is 0.164 e. The van der Waals surface area contributed by atoms with E-state index in [1.54, 1.807) is 12.1 Å². The van der Waals surface area contributed by atoms with Gasteiger partial charge in [0.15, 0.2) is 17.5 Å². The van der Waals surface area contributed by atoms with Crippen molar-refractivity contribution in [2.75, 3.05) is 0 Å². The molecule has 0 fully saturated rings. The highest BCUT2D eigenvalue weighted by atomic mass is 32.1. The zero-order valence-electron chi connectivity index (χ0n) is 32.3. The molecule has 3 heterocycles. The molecule has 0 bridgehead atoms. The van der Waals surface area contributed by atoms with Crippen molar-refractivity contribution in [3.05, 3.63) is 164 Å². The molecule has 0 unspecified atom stereocenters. The van der Waals surface area contributed by atoms with Crippen molar-refractivity contribution in [1.29, 1.82) is 0 Å². The maximum absolute atomic E-state index is 9.57. The lowest BCUT2D eigenvalue weighted by Gasteiger charge is -2.10. The van der Waals surface area contributed by atoms with Crippen molar-refractivity contribution in [1.82, 2.24) is 15.0 Å². The fraction of sp³-hybridized carbons (Fsp3) is 0. The van der Waals surface area contributed by atoms with Crippen LogP contribution >= 0.6 is 11.3 Å². The molecule has 0 atom stereocenters. The molecule has 0 aliphatic heterocycles. The summed E-state index contributed by atoms with van der Waals surface area (Å²) in [5, 5.41) is 2.23. The normalized spacial score (nSPS) is 13.3. The quantitative estimate of drug-likeness (QED) is 0.184. The first kappa shape index (κ1) is 23.0. The Bertz CT molecular complexity index is 3200. The second kappa shape index (κ2) is 11.6. The van der Waals surface area contributed by atoms with E-state index >= 15 is 0 Å². The molecule has 5 heteroatoms. The van der Waals surface area contributed by atoms with E-state index in [1.165, 1.54) is 0 Å². The number of fused-ring (bicyclic) bond motifs is 6. The summed E-state index contributed by atoms with van der Waals surface area (Å²) >= 11 is 1.08. The minimum absolute atomic E-state index is 0.0115. The summed E-state index contributed by atoms with van der Waals surface area (Å²) in [5.41, 5.74) is 5.75. The Labute approximate surface area is 300 Å². The van der Waals surface area contributed by atoms with Gasteiger partial charge in [-0.1, -0.05) is 133 Å². The zero-order chi connectivity index (χ0) is 38.2.